The Labute approximate surface area is 222 Å². The minimum Gasteiger partial charge on any atom is -0.489 e. The van der Waals surface area contributed by atoms with Crippen molar-refractivity contribution in [1.29, 1.82) is 0 Å². The van der Waals surface area contributed by atoms with Gasteiger partial charge in [-0.3, -0.25) is 9.59 Å². The summed E-state index contributed by atoms with van der Waals surface area (Å²) in [7, 11) is 0. The van der Waals surface area contributed by atoms with Crippen molar-refractivity contribution in [1.82, 2.24) is 14.8 Å². The predicted molar refractivity (Wildman–Crippen MR) is 146 cm³/mol. The fourth-order valence-electron chi connectivity index (χ4n) is 5.42. The number of carbonyl (C=O) groups is 2. The van der Waals surface area contributed by atoms with Crippen molar-refractivity contribution in [3.05, 3.63) is 94.4 Å². The number of pyridine rings is 1. The van der Waals surface area contributed by atoms with Crippen molar-refractivity contribution in [3.63, 3.8) is 0 Å². The number of rotatable bonds is 7. The van der Waals surface area contributed by atoms with Crippen molar-refractivity contribution >= 4 is 17.6 Å². The van der Waals surface area contributed by atoms with Crippen LogP contribution in [-0.2, 0) is 17.9 Å². The first-order valence-corrected chi connectivity index (χ1v) is 13.2. The molecule has 38 heavy (non-hydrogen) atoms. The van der Waals surface area contributed by atoms with E-state index in [1.54, 1.807) is 29.2 Å². The Kier molecular flexibility index (Phi) is 7.49. The van der Waals surface area contributed by atoms with Crippen LogP contribution in [0.15, 0.2) is 77.6 Å². The minimum absolute atomic E-state index is 0.0161. The van der Waals surface area contributed by atoms with Gasteiger partial charge < -0.3 is 24.8 Å². The third kappa shape index (κ3) is 5.74. The largest absolute Gasteiger partial charge is 0.489 e. The molecule has 2 aliphatic rings. The first kappa shape index (κ1) is 25.6. The van der Waals surface area contributed by atoms with Crippen molar-refractivity contribution in [2.45, 2.75) is 45.4 Å². The van der Waals surface area contributed by atoms with E-state index in [0.29, 0.717) is 37.7 Å². The van der Waals surface area contributed by atoms with Gasteiger partial charge in [0.05, 0.1) is 0 Å². The fourth-order valence-corrected chi connectivity index (χ4v) is 5.42. The molecule has 0 saturated carbocycles. The second-order valence-electron chi connectivity index (χ2n) is 10.6. The van der Waals surface area contributed by atoms with Crippen molar-refractivity contribution in [3.8, 4) is 5.75 Å². The summed E-state index contributed by atoms with van der Waals surface area (Å²) in [5.41, 5.74) is 2.72. The van der Waals surface area contributed by atoms with Crippen LogP contribution in [0.2, 0.25) is 0 Å². The summed E-state index contributed by atoms with van der Waals surface area (Å²) < 4.78 is 7.67. The van der Waals surface area contributed by atoms with Gasteiger partial charge in [0.25, 0.3) is 5.56 Å². The summed E-state index contributed by atoms with van der Waals surface area (Å²) in [6.45, 7) is 6.02. The van der Waals surface area contributed by atoms with Crippen molar-refractivity contribution in [2.75, 3.05) is 18.4 Å². The molecule has 1 aromatic heterocycles. The van der Waals surface area contributed by atoms with E-state index in [2.05, 4.69) is 10.6 Å². The number of hydrogen-bond acceptors (Lipinski definition) is 4. The van der Waals surface area contributed by atoms with Crippen LogP contribution in [0.3, 0.4) is 0 Å². The molecule has 5 rings (SSSR count). The van der Waals surface area contributed by atoms with E-state index < -0.39 is 6.04 Å². The Bertz CT molecular complexity index is 1340. The van der Waals surface area contributed by atoms with E-state index in [1.165, 1.54) is 0 Å². The molecule has 0 radical (unpaired) electrons. The molecule has 3 atom stereocenters. The van der Waals surface area contributed by atoms with E-state index in [9.17, 15) is 14.4 Å². The molecule has 198 valence electrons. The van der Waals surface area contributed by atoms with E-state index >= 15 is 0 Å². The van der Waals surface area contributed by atoms with E-state index in [0.717, 1.165) is 17.7 Å². The smallest absolute Gasteiger partial charge is 0.318 e. The molecule has 3 amide bonds. The standard InChI is InChI=1S/C30H34N4O4/c1-20(2)28(29(36)31-24-11-13-25(14-12-24)38-19-21-7-4-3-5-8-21)32-30(37)33-16-22-15-23(18-33)26-9-6-10-27(35)34(26)17-22/h3-14,20,22-23,28H,15-19H2,1-2H3,(H,31,36)(H,32,37)/t22?,23?,28-/m0/s1. The molecule has 2 aromatic carbocycles. The lowest BCUT2D eigenvalue weighted by molar-refractivity contribution is -0.118. The third-order valence-corrected chi connectivity index (χ3v) is 7.37. The summed E-state index contributed by atoms with van der Waals surface area (Å²) in [6.07, 6.45) is 0.965. The highest BCUT2D eigenvalue weighted by Gasteiger charge is 2.37. The van der Waals surface area contributed by atoms with Gasteiger partial charge in [-0.25, -0.2) is 4.79 Å². The maximum absolute atomic E-state index is 13.3. The average Bonchev–Trinajstić information content (AvgIpc) is 2.92. The monoisotopic (exact) mass is 514 g/mol. The Balaban J connectivity index is 1.18. The Morgan fingerprint density at radius 2 is 1.71 bits per heavy atom. The third-order valence-electron chi connectivity index (χ3n) is 7.37. The number of anilines is 1. The molecule has 0 spiro atoms. The van der Waals surface area contributed by atoms with Crippen LogP contribution < -0.4 is 20.9 Å². The molecule has 1 fully saturated rings. The first-order chi connectivity index (χ1) is 18.4. The molecule has 0 aliphatic carbocycles. The lowest BCUT2D eigenvalue weighted by atomic mass is 9.83. The highest BCUT2D eigenvalue weighted by molar-refractivity contribution is 5.97. The summed E-state index contributed by atoms with van der Waals surface area (Å²) in [5, 5.41) is 5.89. The second-order valence-corrected chi connectivity index (χ2v) is 10.6. The summed E-state index contributed by atoms with van der Waals surface area (Å²) >= 11 is 0. The lowest BCUT2D eigenvalue weighted by Gasteiger charge is -2.43. The number of fused-ring (bicyclic) bond motifs is 4. The van der Waals surface area contributed by atoms with Gasteiger partial charge in [-0.2, -0.15) is 0 Å². The molecule has 3 aromatic rings. The van der Waals surface area contributed by atoms with Gasteiger partial charge in [0.1, 0.15) is 18.4 Å². The van der Waals surface area contributed by atoms with Crippen LogP contribution in [0, 0.1) is 11.8 Å². The number of amides is 3. The van der Waals surface area contributed by atoms with Gasteiger partial charge in [-0.05, 0) is 54.2 Å². The fraction of sp³-hybridized carbons (Fsp3) is 0.367. The molecule has 8 heteroatoms. The number of aromatic nitrogens is 1. The number of urea groups is 1. The van der Waals surface area contributed by atoms with E-state index in [1.807, 2.05) is 66.9 Å². The number of likely N-dealkylation sites (tertiary alicyclic amines) is 1. The zero-order valence-corrected chi connectivity index (χ0v) is 21.8. The summed E-state index contributed by atoms with van der Waals surface area (Å²) in [4.78, 5) is 40.5. The topological polar surface area (TPSA) is 92.7 Å². The molecule has 2 aliphatic heterocycles. The highest BCUT2D eigenvalue weighted by atomic mass is 16.5. The van der Waals surface area contributed by atoms with Crippen LogP contribution in [0.1, 0.15) is 37.4 Å². The number of nitrogens with one attached hydrogen (secondary N) is 2. The van der Waals surface area contributed by atoms with Crippen molar-refractivity contribution in [2.24, 2.45) is 11.8 Å². The van der Waals surface area contributed by atoms with Gasteiger partial charge in [-0.15, -0.1) is 0 Å². The normalized spacial score (nSPS) is 18.9. The molecule has 8 nitrogen and oxygen atoms in total. The summed E-state index contributed by atoms with van der Waals surface area (Å²) in [6, 6.07) is 21.6. The molecule has 2 unspecified atom stereocenters. The number of benzene rings is 2. The minimum atomic E-state index is -0.687. The molecular formula is C30H34N4O4. The Morgan fingerprint density at radius 3 is 2.45 bits per heavy atom. The average molecular weight is 515 g/mol. The Morgan fingerprint density at radius 1 is 0.947 bits per heavy atom. The maximum Gasteiger partial charge on any atom is 0.318 e. The molecular weight excluding hydrogens is 480 g/mol. The first-order valence-electron chi connectivity index (χ1n) is 13.2. The van der Waals surface area contributed by atoms with E-state index in [4.69, 9.17) is 4.74 Å². The van der Waals surface area contributed by atoms with Crippen molar-refractivity contribution < 1.29 is 14.3 Å². The molecule has 1 saturated heterocycles. The Hall–Kier alpha value is -4.07. The molecule has 2 N–H and O–H groups in total. The van der Waals surface area contributed by atoms with Gasteiger partial charge in [-0.1, -0.05) is 50.2 Å². The highest BCUT2D eigenvalue weighted by Crippen LogP contribution is 2.35. The second kappa shape index (κ2) is 11.1. The number of nitrogens with zero attached hydrogens (tertiary/aromatic N) is 2. The van der Waals surface area contributed by atoms with Gasteiger partial charge in [0, 0.05) is 43.0 Å². The van der Waals surface area contributed by atoms with Gasteiger partial charge in [0.2, 0.25) is 5.91 Å². The van der Waals surface area contributed by atoms with Gasteiger partial charge >= 0.3 is 6.03 Å². The quantitative estimate of drug-likeness (QED) is 0.494. The zero-order valence-electron chi connectivity index (χ0n) is 21.8. The van der Waals surface area contributed by atoms with Gasteiger partial charge in [0.15, 0.2) is 0 Å². The van der Waals surface area contributed by atoms with Crippen LogP contribution in [0.4, 0.5) is 10.5 Å². The number of piperidine rings is 1. The molecule has 3 heterocycles. The van der Waals surface area contributed by atoms with Crippen LogP contribution >= 0.6 is 0 Å². The van der Waals surface area contributed by atoms with Crippen LogP contribution in [-0.4, -0.2) is 40.5 Å². The maximum atomic E-state index is 13.3. The number of carbonyl (C=O) groups excluding carboxylic acids is 2. The van der Waals surface area contributed by atoms with Crippen LogP contribution in [0.25, 0.3) is 0 Å². The van der Waals surface area contributed by atoms with E-state index in [-0.39, 0.29) is 35.3 Å². The number of hydrogen-bond donors (Lipinski definition) is 2. The number of ether oxygens (including phenoxy) is 1. The lowest BCUT2D eigenvalue weighted by Crippen LogP contribution is -2.56. The molecule has 2 bridgehead atoms. The zero-order chi connectivity index (χ0) is 26.6. The summed E-state index contributed by atoms with van der Waals surface area (Å²) in [5.74, 6) is 0.689. The van der Waals surface area contributed by atoms with Crippen LogP contribution in [0.5, 0.6) is 5.75 Å². The SMILES string of the molecule is CC(C)[C@H](NC(=O)N1CC2CC(C1)c1cccc(=O)n1C2)C(=O)Nc1ccc(OCc2ccccc2)cc1. The predicted octanol–water partition coefficient (Wildman–Crippen LogP) is 4.22.